The third kappa shape index (κ3) is 3.32. The summed E-state index contributed by atoms with van der Waals surface area (Å²) in [5.74, 6) is 1.67. The van der Waals surface area contributed by atoms with E-state index in [1.807, 2.05) is 35.2 Å². The minimum absolute atomic E-state index is 0.157. The largest absolute Gasteiger partial charge is 0.497 e. The fourth-order valence-electron chi connectivity index (χ4n) is 3.68. The normalized spacial score (nSPS) is 17.2. The maximum atomic E-state index is 13.1. The zero-order chi connectivity index (χ0) is 18.3. The summed E-state index contributed by atoms with van der Waals surface area (Å²) in [5.41, 5.74) is 3.98. The predicted octanol–water partition coefficient (Wildman–Crippen LogP) is 4.82. The minimum Gasteiger partial charge on any atom is -0.497 e. The van der Waals surface area contributed by atoms with Crippen molar-refractivity contribution in [3.63, 3.8) is 0 Å². The second-order valence-electron chi connectivity index (χ2n) is 7.20. The lowest BCUT2D eigenvalue weighted by Gasteiger charge is -2.24. The number of nitrogens with zero attached hydrogens (tertiary/aromatic N) is 1. The zero-order valence-corrected chi connectivity index (χ0v) is 16.7. The van der Waals surface area contributed by atoms with Crippen molar-refractivity contribution in [2.75, 3.05) is 12.4 Å². The molecule has 1 N–H and O–H groups in total. The number of ether oxygens (including phenoxy) is 1. The highest BCUT2D eigenvalue weighted by molar-refractivity contribution is 9.10. The summed E-state index contributed by atoms with van der Waals surface area (Å²) in [6.07, 6.45) is 2.49. The second kappa shape index (κ2) is 6.95. The van der Waals surface area contributed by atoms with Crippen LogP contribution in [0, 0.1) is 5.92 Å². The summed E-state index contributed by atoms with van der Waals surface area (Å²) >= 11 is 3.59. The van der Waals surface area contributed by atoms with Gasteiger partial charge in [-0.2, -0.15) is 0 Å². The van der Waals surface area contributed by atoms with E-state index < -0.39 is 0 Å². The van der Waals surface area contributed by atoms with Crippen molar-refractivity contribution in [3.8, 4) is 5.75 Å². The van der Waals surface area contributed by atoms with E-state index >= 15 is 0 Å². The lowest BCUT2D eigenvalue weighted by molar-refractivity contribution is 0.0698. The summed E-state index contributed by atoms with van der Waals surface area (Å²) in [4.78, 5) is 15.1. The number of fused-ring (bicyclic) bond motifs is 1. The van der Waals surface area contributed by atoms with E-state index in [9.17, 15) is 4.79 Å². The molecule has 0 bridgehead atoms. The van der Waals surface area contributed by atoms with Crippen molar-refractivity contribution in [1.82, 2.24) is 4.90 Å². The highest BCUT2D eigenvalue weighted by Gasteiger charge is 2.39. The molecule has 2 aliphatic rings. The first-order valence-corrected chi connectivity index (χ1v) is 9.86. The Labute approximate surface area is 162 Å². The summed E-state index contributed by atoms with van der Waals surface area (Å²) < 4.78 is 6.21. The number of methoxy groups -OCH3 is 1. The molecule has 1 atom stereocenters. The molecule has 1 aliphatic carbocycles. The Hall–Kier alpha value is -2.01. The monoisotopic (exact) mass is 414 g/mol. The van der Waals surface area contributed by atoms with E-state index in [2.05, 4.69) is 34.2 Å². The van der Waals surface area contributed by atoms with E-state index in [4.69, 9.17) is 4.74 Å². The fourth-order valence-corrected chi connectivity index (χ4v) is 4.19. The van der Waals surface area contributed by atoms with Crippen LogP contribution in [0.15, 0.2) is 40.9 Å². The third-order valence-electron chi connectivity index (χ3n) is 5.44. The summed E-state index contributed by atoms with van der Waals surface area (Å²) in [6.45, 7) is 3.56. The van der Waals surface area contributed by atoms with Gasteiger partial charge in [-0.05, 0) is 61.1 Å². The molecular formula is C21H23BrN2O2. The Balaban J connectivity index is 1.55. The Kier molecular flexibility index (Phi) is 4.65. The van der Waals surface area contributed by atoms with Crippen molar-refractivity contribution < 1.29 is 9.53 Å². The molecule has 136 valence electrons. The molecule has 1 amide bonds. The van der Waals surface area contributed by atoms with Crippen molar-refractivity contribution in [1.29, 1.82) is 0 Å². The number of hydrogen-bond acceptors (Lipinski definition) is 3. The van der Waals surface area contributed by atoms with E-state index in [1.54, 1.807) is 7.11 Å². The van der Waals surface area contributed by atoms with Crippen molar-refractivity contribution in [2.24, 2.45) is 5.92 Å². The van der Waals surface area contributed by atoms with Crippen LogP contribution in [0.25, 0.3) is 0 Å². The maximum absolute atomic E-state index is 13.1. The van der Waals surface area contributed by atoms with Gasteiger partial charge in [0.15, 0.2) is 0 Å². The standard InChI is InChI=1S/C21H23BrN2O2/c1-13(15-5-6-15)24-12-16-9-17(22)10-19(20(16)21(24)25)23-11-14-3-7-18(26-2)8-4-14/h3-4,7-10,13,15,23H,5-6,11-12H2,1-2H3. The zero-order valence-electron chi connectivity index (χ0n) is 15.1. The third-order valence-corrected chi connectivity index (χ3v) is 5.90. The van der Waals surface area contributed by atoms with E-state index in [1.165, 1.54) is 12.8 Å². The molecule has 0 spiro atoms. The predicted molar refractivity (Wildman–Crippen MR) is 107 cm³/mol. The lowest BCUT2D eigenvalue weighted by Crippen LogP contribution is -2.34. The van der Waals surface area contributed by atoms with Crippen LogP contribution in [0.5, 0.6) is 5.75 Å². The molecule has 1 aliphatic heterocycles. The smallest absolute Gasteiger partial charge is 0.256 e. The Morgan fingerprint density at radius 2 is 2.00 bits per heavy atom. The summed E-state index contributed by atoms with van der Waals surface area (Å²) in [7, 11) is 1.66. The SMILES string of the molecule is COc1ccc(CNc2cc(Br)cc3c2C(=O)N(C(C)C2CC2)C3)cc1. The number of amides is 1. The van der Waals surface area contributed by atoms with Gasteiger partial charge in [0.25, 0.3) is 5.91 Å². The van der Waals surface area contributed by atoms with Gasteiger partial charge in [0.05, 0.1) is 12.7 Å². The van der Waals surface area contributed by atoms with Gasteiger partial charge in [-0.25, -0.2) is 0 Å². The molecule has 1 unspecified atom stereocenters. The molecule has 0 radical (unpaired) electrons. The molecular weight excluding hydrogens is 392 g/mol. The van der Waals surface area contributed by atoms with E-state index in [0.29, 0.717) is 25.0 Å². The molecule has 26 heavy (non-hydrogen) atoms. The van der Waals surface area contributed by atoms with Gasteiger partial charge in [-0.1, -0.05) is 28.1 Å². The second-order valence-corrected chi connectivity index (χ2v) is 8.12. The fraction of sp³-hybridized carbons (Fsp3) is 0.381. The lowest BCUT2D eigenvalue weighted by atomic mass is 10.1. The van der Waals surface area contributed by atoms with Crippen molar-refractivity contribution >= 4 is 27.5 Å². The van der Waals surface area contributed by atoms with Crippen LogP contribution in [-0.2, 0) is 13.1 Å². The first kappa shape index (κ1) is 17.4. The van der Waals surface area contributed by atoms with Gasteiger partial charge in [0.2, 0.25) is 0 Å². The van der Waals surface area contributed by atoms with Crippen molar-refractivity contribution in [2.45, 2.75) is 38.9 Å². The Morgan fingerprint density at radius 3 is 2.65 bits per heavy atom. The van der Waals surface area contributed by atoms with Gasteiger partial charge in [-0.3, -0.25) is 4.79 Å². The number of benzene rings is 2. The molecule has 0 aromatic heterocycles. The number of rotatable bonds is 6. The van der Waals surface area contributed by atoms with Gasteiger partial charge in [0, 0.05) is 29.3 Å². The van der Waals surface area contributed by atoms with Gasteiger partial charge in [0.1, 0.15) is 5.75 Å². The van der Waals surface area contributed by atoms with E-state index in [-0.39, 0.29) is 5.91 Å². The highest BCUT2D eigenvalue weighted by Crippen LogP contribution is 2.40. The number of nitrogens with one attached hydrogen (secondary N) is 1. The molecule has 2 aromatic rings. The van der Waals surface area contributed by atoms with Crippen LogP contribution < -0.4 is 10.1 Å². The topological polar surface area (TPSA) is 41.6 Å². The number of anilines is 1. The average molecular weight is 415 g/mol. The van der Waals surface area contributed by atoms with Crippen LogP contribution in [0.1, 0.15) is 41.3 Å². The highest BCUT2D eigenvalue weighted by atomic mass is 79.9. The first-order valence-electron chi connectivity index (χ1n) is 9.07. The number of carbonyl (C=O) groups excluding carboxylic acids is 1. The first-order chi connectivity index (χ1) is 12.6. The Morgan fingerprint density at radius 1 is 1.27 bits per heavy atom. The molecule has 2 aromatic carbocycles. The van der Waals surface area contributed by atoms with Crippen LogP contribution in [0.4, 0.5) is 5.69 Å². The average Bonchev–Trinajstić information content (AvgIpc) is 3.44. The van der Waals surface area contributed by atoms with Crippen LogP contribution in [0.2, 0.25) is 0 Å². The Bertz CT molecular complexity index is 831. The number of halogens is 1. The molecule has 4 rings (SSSR count). The van der Waals surface area contributed by atoms with E-state index in [0.717, 1.165) is 32.6 Å². The van der Waals surface area contributed by atoms with Crippen LogP contribution >= 0.6 is 15.9 Å². The molecule has 1 heterocycles. The van der Waals surface area contributed by atoms with Crippen LogP contribution in [-0.4, -0.2) is 24.0 Å². The molecule has 0 saturated heterocycles. The van der Waals surface area contributed by atoms with Gasteiger partial charge >= 0.3 is 0 Å². The molecule has 4 nitrogen and oxygen atoms in total. The summed E-state index contributed by atoms with van der Waals surface area (Å²) in [6, 6.07) is 12.4. The van der Waals surface area contributed by atoms with Crippen LogP contribution in [0.3, 0.4) is 0 Å². The van der Waals surface area contributed by atoms with Crippen molar-refractivity contribution in [3.05, 3.63) is 57.6 Å². The maximum Gasteiger partial charge on any atom is 0.256 e. The number of hydrogen-bond donors (Lipinski definition) is 1. The minimum atomic E-state index is 0.157. The van der Waals surface area contributed by atoms with Gasteiger partial charge in [-0.15, -0.1) is 0 Å². The molecule has 1 saturated carbocycles. The molecule has 1 fully saturated rings. The van der Waals surface area contributed by atoms with Gasteiger partial charge < -0.3 is 15.0 Å². The summed E-state index contributed by atoms with van der Waals surface area (Å²) in [5, 5.41) is 3.46. The number of carbonyl (C=O) groups is 1. The quantitative estimate of drug-likeness (QED) is 0.735. The molecule has 5 heteroatoms.